The van der Waals surface area contributed by atoms with Crippen LogP contribution in [-0.2, 0) is 0 Å². The molecule has 0 amide bonds. The normalized spacial score (nSPS) is 11.8. The molecule has 11 heteroatoms. The number of azo groups is 1. The molecule has 2 N–H and O–H groups in total. The van der Waals surface area contributed by atoms with Gasteiger partial charge in [0.1, 0.15) is 5.82 Å². The molecule has 4 aromatic heterocycles. The van der Waals surface area contributed by atoms with Crippen molar-refractivity contribution in [3.05, 3.63) is 53.4 Å². The summed E-state index contributed by atoms with van der Waals surface area (Å²) in [6, 6.07) is 7.63. The Balaban J connectivity index is 1.63. The van der Waals surface area contributed by atoms with Crippen LogP contribution in [0.3, 0.4) is 0 Å². The van der Waals surface area contributed by atoms with E-state index in [1.807, 2.05) is 38.1 Å². The van der Waals surface area contributed by atoms with Crippen LogP contribution in [0.1, 0.15) is 11.5 Å². The molecule has 5 aromatic rings. The minimum atomic E-state index is 0.270. The fourth-order valence-corrected chi connectivity index (χ4v) is 2.96. The third-order valence-electron chi connectivity index (χ3n) is 4.34. The molecule has 0 spiro atoms. The molecular weight excluding hydrogens is 358 g/mol. The number of H-pyrrole nitrogens is 2. The second-order valence-corrected chi connectivity index (χ2v) is 6.15. The number of aryl methyl sites for hydroxylation is 2. The summed E-state index contributed by atoms with van der Waals surface area (Å²) in [7, 11) is 0. The first-order valence-corrected chi connectivity index (χ1v) is 8.38. The van der Waals surface area contributed by atoms with Gasteiger partial charge in [0, 0.05) is 0 Å². The second kappa shape index (κ2) is 5.85. The highest BCUT2D eigenvalue weighted by molar-refractivity contribution is 5.76. The van der Waals surface area contributed by atoms with Gasteiger partial charge in [0.2, 0.25) is 11.6 Å². The molecule has 0 unspecified atom stereocenters. The zero-order valence-electron chi connectivity index (χ0n) is 14.9. The fraction of sp³-hybridized carbons (Fsp3) is 0.118. The van der Waals surface area contributed by atoms with Crippen LogP contribution in [0.2, 0.25) is 0 Å². The van der Waals surface area contributed by atoms with Crippen molar-refractivity contribution in [1.82, 2.24) is 39.6 Å². The Morgan fingerprint density at radius 1 is 1.14 bits per heavy atom. The van der Waals surface area contributed by atoms with E-state index in [1.54, 1.807) is 4.52 Å². The maximum Gasteiger partial charge on any atom is 0.252 e. The predicted molar refractivity (Wildman–Crippen MR) is 100 cm³/mol. The Hall–Kier alpha value is -4.33. The number of nitrogens with zero attached hydrogens (tertiary/aromatic N) is 9. The highest BCUT2D eigenvalue weighted by atomic mass is 15.4. The van der Waals surface area contributed by atoms with E-state index < -0.39 is 0 Å². The average Bonchev–Trinajstić information content (AvgIpc) is 3.44. The number of rotatable bonds is 3. The molecule has 11 nitrogen and oxygen atoms in total. The summed E-state index contributed by atoms with van der Waals surface area (Å²) in [5.41, 5.74) is 3.83. The number of imidazole rings is 1. The molecule has 4 heterocycles. The van der Waals surface area contributed by atoms with Gasteiger partial charge in [-0.15, -0.1) is 20.4 Å². The van der Waals surface area contributed by atoms with Gasteiger partial charge < -0.3 is 4.98 Å². The SMILES string of the molecule is [C-]#[N+]c1cnn(-c2nc3ccccc3[nH]2)c1N=Nc1c(C)[nH]n2c(C)nnc12. The van der Waals surface area contributed by atoms with E-state index in [2.05, 4.69) is 45.4 Å². The van der Waals surface area contributed by atoms with Crippen LogP contribution in [0.15, 0.2) is 40.7 Å². The zero-order valence-corrected chi connectivity index (χ0v) is 14.9. The number of benzene rings is 1. The summed E-state index contributed by atoms with van der Waals surface area (Å²) in [5, 5.41) is 24.2. The highest BCUT2D eigenvalue weighted by Gasteiger charge is 2.17. The molecule has 0 bridgehead atoms. The van der Waals surface area contributed by atoms with E-state index in [1.165, 1.54) is 10.9 Å². The van der Waals surface area contributed by atoms with Gasteiger partial charge in [0.15, 0.2) is 11.5 Å². The third-order valence-corrected chi connectivity index (χ3v) is 4.34. The molecule has 5 rings (SSSR count). The lowest BCUT2D eigenvalue weighted by Gasteiger charge is -1.99. The van der Waals surface area contributed by atoms with Crippen LogP contribution in [0.5, 0.6) is 0 Å². The molecule has 0 fully saturated rings. The van der Waals surface area contributed by atoms with Crippen molar-refractivity contribution in [3.63, 3.8) is 0 Å². The molecule has 0 aliphatic heterocycles. The minimum absolute atomic E-state index is 0.270. The molecule has 1 aromatic carbocycles. The number of hydrogen-bond acceptors (Lipinski definition) is 6. The highest BCUT2D eigenvalue weighted by Crippen LogP contribution is 2.33. The van der Waals surface area contributed by atoms with Gasteiger partial charge >= 0.3 is 0 Å². The molecule has 0 aliphatic rings. The van der Waals surface area contributed by atoms with Gasteiger partial charge in [-0.2, -0.15) is 9.78 Å². The lowest BCUT2D eigenvalue weighted by Crippen LogP contribution is -1.97. The van der Waals surface area contributed by atoms with E-state index in [0.29, 0.717) is 23.1 Å². The first kappa shape index (κ1) is 15.9. The van der Waals surface area contributed by atoms with Crippen molar-refractivity contribution >= 4 is 33.9 Å². The minimum Gasteiger partial charge on any atom is -0.322 e. The molecule has 0 aliphatic carbocycles. The standard InChI is InChI=1S/C17H13N11/c1-9-14(16-25-22-10(2)27(16)26-9)23-24-15-13(18-3)8-19-28(15)17-20-11-6-4-5-7-12(11)21-17/h4-8,26H,1-2H3,(H,20,21). The number of aromatic amines is 2. The number of aromatic nitrogens is 8. The van der Waals surface area contributed by atoms with Crippen molar-refractivity contribution in [3.8, 4) is 5.95 Å². The largest absolute Gasteiger partial charge is 0.322 e. The van der Waals surface area contributed by atoms with E-state index in [9.17, 15) is 0 Å². The topological polar surface area (TPSA) is 122 Å². The van der Waals surface area contributed by atoms with Gasteiger partial charge in [-0.25, -0.2) is 14.3 Å². The van der Waals surface area contributed by atoms with E-state index in [4.69, 9.17) is 6.57 Å². The Morgan fingerprint density at radius 3 is 2.82 bits per heavy atom. The molecule has 0 saturated carbocycles. The summed E-state index contributed by atoms with van der Waals surface area (Å²) in [6.45, 7) is 11.1. The maximum absolute atomic E-state index is 7.40. The van der Waals surface area contributed by atoms with Gasteiger partial charge in [0.05, 0.1) is 29.5 Å². The van der Waals surface area contributed by atoms with Gasteiger partial charge in [-0.1, -0.05) is 12.1 Å². The van der Waals surface area contributed by atoms with E-state index in [-0.39, 0.29) is 11.5 Å². The summed E-state index contributed by atoms with van der Waals surface area (Å²) in [6.07, 6.45) is 1.44. The summed E-state index contributed by atoms with van der Waals surface area (Å²) >= 11 is 0. The van der Waals surface area contributed by atoms with Crippen molar-refractivity contribution in [2.45, 2.75) is 13.8 Å². The van der Waals surface area contributed by atoms with Gasteiger partial charge in [0.25, 0.3) is 5.69 Å². The Morgan fingerprint density at radius 2 is 2.00 bits per heavy atom. The third kappa shape index (κ3) is 2.28. The van der Waals surface area contributed by atoms with E-state index >= 15 is 0 Å². The Labute approximate surface area is 157 Å². The quantitative estimate of drug-likeness (QED) is 0.371. The second-order valence-electron chi connectivity index (χ2n) is 6.15. The first-order valence-electron chi connectivity index (χ1n) is 8.38. The molecule has 0 atom stereocenters. The predicted octanol–water partition coefficient (Wildman–Crippen LogP) is 3.70. The van der Waals surface area contributed by atoms with Crippen molar-refractivity contribution in [2.24, 2.45) is 10.2 Å². The smallest absolute Gasteiger partial charge is 0.252 e. The molecule has 28 heavy (non-hydrogen) atoms. The average molecular weight is 371 g/mol. The van der Waals surface area contributed by atoms with Crippen molar-refractivity contribution in [2.75, 3.05) is 0 Å². The molecule has 0 radical (unpaired) electrons. The lowest BCUT2D eigenvalue weighted by atomic mass is 10.3. The van der Waals surface area contributed by atoms with Crippen LogP contribution >= 0.6 is 0 Å². The van der Waals surface area contributed by atoms with Crippen LogP contribution in [-0.4, -0.2) is 39.6 Å². The Kier molecular flexibility index (Phi) is 3.32. The van der Waals surface area contributed by atoms with Crippen molar-refractivity contribution in [1.29, 1.82) is 0 Å². The number of para-hydroxylation sites is 2. The lowest BCUT2D eigenvalue weighted by molar-refractivity contribution is 0.823. The van der Waals surface area contributed by atoms with Gasteiger partial charge in [-0.3, -0.25) is 5.10 Å². The van der Waals surface area contributed by atoms with Crippen LogP contribution in [0, 0.1) is 20.4 Å². The Bertz CT molecular complexity index is 1370. The fourth-order valence-electron chi connectivity index (χ4n) is 2.96. The van der Waals surface area contributed by atoms with Gasteiger partial charge in [-0.05, 0) is 26.0 Å². The molecule has 136 valence electrons. The van der Waals surface area contributed by atoms with Crippen LogP contribution in [0.25, 0.3) is 27.5 Å². The monoisotopic (exact) mass is 371 g/mol. The summed E-state index contributed by atoms with van der Waals surface area (Å²) in [5.74, 6) is 1.46. The molecule has 0 saturated heterocycles. The number of nitrogens with one attached hydrogen (secondary N) is 2. The molecular formula is C17H13N11. The van der Waals surface area contributed by atoms with Crippen LogP contribution in [0.4, 0.5) is 17.2 Å². The number of hydrogen-bond donors (Lipinski definition) is 2. The van der Waals surface area contributed by atoms with E-state index in [0.717, 1.165) is 16.7 Å². The first-order chi connectivity index (χ1) is 13.7. The number of fused-ring (bicyclic) bond motifs is 2. The summed E-state index contributed by atoms with van der Waals surface area (Å²) < 4.78 is 3.20. The van der Waals surface area contributed by atoms with Crippen molar-refractivity contribution < 1.29 is 0 Å². The zero-order chi connectivity index (χ0) is 19.3. The maximum atomic E-state index is 7.40. The van der Waals surface area contributed by atoms with Crippen LogP contribution < -0.4 is 0 Å². The summed E-state index contributed by atoms with van der Waals surface area (Å²) in [4.78, 5) is 11.2.